The van der Waals surface area contributed by atoms with Crippen LogP contribution in [0.25, 0.3) is 0 Å². The first-order chi connectivity index (χ1) is 9.16. The molecule has 0 bridgehead atoms. The summed E-state index contributed by atoms with van der Waals surface area (Å²) in [5.41, 5.74) is 2.20. The van der Waals surface area contributed by atoms with Crippen molar-refractivity contribution in [2.24, 2.45) is 5.92 Å². The van der Waals surface area contributed by atoms with E-state index in [0.29, 0.717) is 18.3 Å². The van der Waals surface area contributed by atoms with E-state index in [4.69, 9.17) is 0 Å². The van der Waals surface area contributed by atoms with Crippen molar-refractivity contribution in [3.63, 3.8) is 0 Å². The third kappa shape index (κ3) is 4.27. The lowest BCUT2D eigenvalue weighted by atomic mass is 9.97. The molecule has 1 N–H and O–H groups in total. The normalized spacial score (nSPS) is 16.6. The molecule has 104 valence electrons. The van der Waals surface area contributed by atoms with Crippen LogP contribution >= 0.6 is 11.8 Å². The van der Waals surface area contributed by atoms with Crippen LogP contribution in [-0.4, -0.2) is 17.4 Å². The molecule has 0 aliphatic carbocycles. The third-order valence-corrected chi connectivity index (χ3v) is 4.72. The summed E-state index contributed by atoms with van der Waals surface area (Å²) in [4.78, 5) is 12.1. The highest BCUT2D eigenvalue weighted by Gasteiger charge is 2.18. The molecule has 19 heavy (non-hydrogen) atoms. The molecule has 0 unspecified atom stereocenters. The smallest absolute Gasteiger partial charge is 0.224 e. The fraction of sp³-hybridized carbons (Fsp3) is 0.562. The van der Waals surface area contributed by atoms with Crippen molar-refractivity contribution in [3.05, 3.63) is 29.8 Å². The second kappa shape index (κ2) is 6.99. The molecule has 1 fully saturated rings. The van der Waals surface area contributed by atoms with Crippen LogP contribution in [0.3, 0.4) is 0 Å². The molecule has 0 spiro atoms. The number of hydrogen-bond donors (Lipinski definition) is 1. The highest BCUT2D eigenvalue weighted by Crippen LogP contribution is 2.27. The van der Waals surface area contributed by atoms with Crippen LogP contribution in [0.5, 0.6) is 0 Å². The minimum absolute atomic E-state index is 0.171. The SMILES string of the molecule is CC(C)c1ccccc1NC(=O)CC1CCSCC1. The van der Waals surface area contributed by atoms with Gasteiger partial charge in [-0.25, -0.2) is 0 Å². The largest absolute Gasteiger partial charge is 0.326 e. The highest BCUT2D eigenvalue weighted by atomic mass is 32.2. The lowest BCUT2D eigenvalue weighted by molar-refractivity contribution is -0.117. The van der Waals surface area contributed by atoms with E-state index >= 15 is 0 Å². The molecule has 0 saturated carbocycles. The number of carbonyl (C=O) groups is 1. The molecule has 0 radical (unpaired) electrons. The van der Waals surface area contributed by atoms with Gasteiger partial charge < -0.3 is 5.32 Å². The Morgan fingerprint density at radius 2 is 2.00 bits per heavy atom. The van der Waals surface area contributed by atoms with Gasteiger partial charge in [0.15, 0.2) is 0 Å². The predicted molar refractivity (Wildman–Crippen MR) is 83.8 cm³/mol. The number of carbonyl (C=O) groups excluding carboxylic acids is 1. The van der Waals surface area contributed by atoms with Gasteiger partial charge in [-0.15, -0.1) is 0 Å². The number of rotatable bonds is 4. The zero-order chi connectivity index (χ0) is 13.7. The van der Waals surface area contributed by atoms with E-state index in [-0.39, 0.29) is 5.91 Å². The van der Waals surface area contributed by atoms with Crippen LogP contribution in [0.4, 0.5) is 5.69 Å². The van der Waals surface area contributed by atoms with Crippen LogP contribution in [0, 0.1) is 5.92 Å². The van der Waals surface area contributed by atoms with Gasteiger partial charge in [-0.2, -0.15) is 11.8 Å². The number of benzene rings is 1. The van der Waals surface area contributed by atoms with Crippen molar-refractivity contribution in [3.8, 4) is 0 Å². The van der Waals surface area contributed by atoms with Crippen molar-refractivity contribution in [2.45, 2.75) is 39.0 Å². The van der Waals surface area contributed by atoms with Gasteiger partial charge in [-0.1, -0.05) is 32.0 Å². The first kappa shape index (κ1) is 14.4. The Balaban J connectivity index is 1.94. The molecule has 2 nitrogen and oxygen atoms in total. The summed E-state index contributed by atoms with van der Waals surface area (Å²) < 4.78 is 0. The number of anilines is 1. The van der Waals surface area contributed by atoms with E-state index < -0.39 is 0 Å². The maximum absolute atomic E-state index is 12.1. The molecule has 1 aromatic rings. The van der Waals surface area contributed by atoms with E-state index in [0.717, 1.165) is 5.69 Å². The Morgan fingerprint density at radius 1 is 1.32 bits per heavy atom. The van der Waals surface area contributed by atoms with Crippen LogP contribution in [-0.2, 0) is 4.79 Å². The number of thioether (sulfide) groups is 1. The second-order valence-electron chi connectivity index (χ2n) is 5.55. The minimum Gasteiger partial charge on any atom is -0.326 e. The molecule has 1 saturated heterocycles. The molecule has 0 atom stereocenters. The quantitative estimate of drug-likeness (QED) is 0.890. The Kier molecular flexibility index (Phi) is 5.32. The van der Waals surface area contributed by atoms with Crippen molar-refractivity contribution in [1.29, 1.82) is 0 Å². The molecule has 1 aliphatic heterocycles. The molecule has 1 heterocycles. The summed E-state index contributed by atoms with van der Waals surface area (Å²) in [6.07, 6.45) is 3.04. The molecule has 1 aliphatic rings. The first-order valence-electron chi connectivity index (χ1n) is 7.13. The molecule has 2 rings (SSSR count). The number of amides is 1. The van der Waals surface area contributed by atoms with Gasteiger partial charge in [-0.05, 0) is 47.8 Å². The van der Waals surface area contributed by atoms with E-state index in [9.17, 15) is 4.79 Å². The number of nitrogens with one attached hydrogen (secondary N) is 1. The van der Waals surface area contributed by atoms with Crippen LogP contribution in [0.2, 0.25) is 0 Å². The standard InChI is InChI=1S/C16H23NOS/c1-12(2)14-5-3-4-6-15(14)17-16(18)11-13-7-9-19-10-8-13/h3-6,12-13H,7-11H2,1-2H3,(H,17,18). The Morgan fingerprint density at radius 3 is 2.68 bits per heavy atom. The zero-order valence-corrected chi connectivity index (χ0v) is 12.6. The van der Waals surface area contributed by atoms with Crippen molar-refractivity contribution in [1.82, 2.24) is 0 Å². The maximum Gasteiger partial charge on any atom is 0.224 e. The van der Waals surface area contributed by atoms with Crippen molar-refractivity contribution >= 4 is 23.4 Å². The van der Waals surface area contributed by atoms with Gasteiger partial charge in [0.05, 0.1) is 0 Å². The fourth-order valence-corrected chi connectivity index (χ4v) is 3.73. The van der Waals surface area contributed by atoms with Gasteiger partial charge in [-0.3, -0.25) is 4.79 Å². The topological polar surface area (TPSA) is 29.1 Å². The van der Waals surface area contributed by atoms with Gasteiger partial charge in [0.2, 0.25) is 5.91 Å². The summed E-state index contributed by atoms with van der Waals surface area (Å²) in [6, 6.07) is 8.11. The lowest BCUT2D eigenvalue weighted by Gasteiger charge is -2.21. The van der Waals surface area contributed by atoms with Gasteiger partial charge in [0.1, 0.15) is 0 Å². The lowest BCUT2D eigenvalue weighted by Crippen LogP contribution is -2.20. The molecular weight excluding hydrogens is 254 g/mol. The van der Waals surface area contributed by atoms with E-state index in [2.05, 4.69) is 25.2 Å². The predicted octanol–water partition coefficient (Wildman–Crippen LogP) is 4.28. The average molecular weight is 277 g/mol. The van der Waals surface area contributed by atoms with Gasteiger partial charge >= 0.3 is 0 Å². The maximum atomic E-state index is 12.1. The first-order valence-corrected chi connectivity index (χ1v) is 8.29. The average Bonchev–Trinajstić information content (AvgIpc) is 2.40. The van der Waals surface area contributed by atoms with Crippen LogP contribution in [0.1, 0.15) is 44.6 Å². The number of hydrogen-bond acceptors (Lipinski definition) is 2. The van der Waals surface area contributed by atoms with Crippen molar-refractivity contribution in [2.75, 3.05) is 16.8 Å². The monoisotopic (exact) mass is 277 g/mol. The Bertz CT molecular complexity index is 425. The molecule has 1 amide bonds. The van der Waals surface area contributed by atoms with Gasteiger partial charge in [0, 0.05) is 12.1 Å². The van der Waals surface area contributed by atoms with E-state index in [1.165, 1.54) is 29.9 Å². The third-order valence-electron chi connectivity index (χ3n) is 3.67. The summed E-state index contributed by atoms with van der Waals surface area (Å²) in [5.74, 6) is 3.60. The summed E-state index contributed by atoms with van der Waals surface area (Å²) in [5, 5.41) is 3.09. The van der Waals surface area contributed by atoms with E-state index in [1.54, 1.807) is 0 Å². The minimum atomic E-state index is 0.171. The van der Waals surface area contributed by atoms with Crippen LogP contribution < -0.4 is 5.32 Å². The molecule has 1 aromatic carbocycles. The second-order valence-corrected chi connectivity index (χ2v) is 6.77. The molecule has 3 heteroatoms. The Labute approximate surface area is 120 Å². The van der Waals surface area contributed by atoms with Crippen molar-refractivity contribution < 1.29 is 4.79 Å². The number of para-hydroxylation sites is 1. The summed E-state index contributed by atoms with van der Waals surface area (Å²) in [7, 11) is 0. The summed E-state index contributed by atoms with van der Waals surface area (Å²) in [6.45, 7) is 4.31. The zero-order valence-electron chi connectivity index (χ0n) is 11.8. The molecular formula is C16H23NOS. The van der Waals surface area contributed by atoms with E-state index in [1.807, 2.05) is 30.0 Å². The highest BCUT2D eigenvalue weighted by molar-refractivity contribution is 7.99. The fourth-order valence-electron chi connectivity index (χ4n) is 2.53. The van der Waals surface area contributed by atoms with Gasteiger partial charge in [0.25, 0.3) is 0 Å². The Hall–Kier alpha value is -0.960. The molecule has 0 aromatic heterocycles. The summed E-state index contributed by atoms with van der Waals surface area (Å²) >= 11 is 2.00. The van der Waals surface area contributed by atoms with Crippen LogP contribution in [0.15, 0.2) is 24.3 Å².